The lowest BCUT2D eigenvalue weighted by molar-refractivity contribution is -0.121. The third-order valence-electron chi connectivity index (χ3n) is 10.9. The van der Waals surface area contributed by atoms with Gasteiger partial charge in [0.15, 0.2) is 5.82 Å². The number of hydrogen-bond donors (Lipinski definition) is 1. The molecule has 6 bridgehead atoms. The molecule has 1 aromatic heterocycles. The van der Waals surface area contributed by atoms with Crippen molar-refractivity contribution in [2.45, 2.75) is 69.5 Å². The van der Waals surface area contributed by atoms with Gasteiger partial charge in [-0.2, -0.15) is 9.97 Å². The fourth-order valence-electron chi connectivity index (χ4n) is 8.61. The molecule has 3 aromatic carbocycles. The summed E-state index contributed by atoms with van der Waals surface area (Å²) in [5, 5.41) is 5.09. The molecule has 5 aliphatic rings. The Balaban J connectivity index is 1.27. The van der Waals surface area contributed by atoms with Gasteiger partial charge in [0, 0.05) is 50.0 Å². The van der Waals surface area contributed by atoms with Gasteiger partial charge >= 0.3 is 6.01 Å². The average molecular weight is 644 g/mol. The van der Waals surface area contributed by atoms with Crippen LogP contribution in [0.2, 0.25) is 0 Å². The van der Waals surface area contributed by atoms with E-state index in [-0.39, 0.29) is 29.9 Å². The molecule has 3 fully saturated rings. The number of benzene rings is 3. The molecule has 0 radical (unpaired) electrons. The van der Waals surface area contributed by atoms with Gasteiger partial charge in [-0.25, -0.2) is 13.2 Å². The summed E-state index contributed by atoms with van der Waals surface area (Å²) < 4.78 is 53.3. The van der Waals surface area contributed by atoms with Gasteiger partial charge in [0.2, 0.25) is 5.91 Å². The van der Waals surface area contributed by atoms with Gasteiger partial charge in [-0.05, 0) is 91.4 Å². The summed E-state index contributed by atoms with van der Waals surface area (Å²) >= 11 is 0. The van der Waals surface area contributed by atoms with E-state index in [0.717, 1.165) is 57.1 Å². The Bertz CT molecular complexity index is 1850. The normalized spacial score (nSPS) is 25.3. The summed E-state index contributed by atoms with van der Waals surface area (Å²) in [5.74, 6) is 0.0145. The summed E-state index contributed by atoms with van der Waals surface area (Å²) in [6, 6.07) is 12.4. The van der Waals surface area contributed by atoms with Crippen LogP contribution in [0.15, 0.2) is 42.5 Å². The fraction of sp³-hybridized carbons (Fsp3) is 0.486. The quantitative estimate of drug-likeness (QED) is 0.267. The van der Waals surface area contributed by atoms with E-state index in [1.807, 2.05) is 24.3 Å². The number of rotatable bonds is 3. The lowest BCUT2D eigenvalue weighted by Crippen LogP contribution is -2.43. The first kappa shape index (κ1) is 30.4. The SMILES string of the molecule is O=C1CCCc2c(F)ccc3cccc(c23)-c2ccc3c(nc(OCC45CCCN4CC(F)C5)nc3c2F)N2CCCC(CCN1)C2. The summed E-state index contributed by atoms with van der Waals surface area (Å²) in [6.07, 6.45) is 5.27. The van der Waals surface area contributed by atoms with Crippen LogP contribution in [0.25, 0.3) is 32.8 Å². The van der Waals surface area contributed by atoms with Gasteiger partial charge in [0.1, 0.15) is 29.9 Å². The number of ether oxygens (including phenoxy) is 1. The van der Waals surface area contributed by atoms with Crippen molar-refractivity contribution in [2.75, 3.05) is 44.2 Å². The molecule has 9 rings (SSSR count). The van der Waals surface area contributed by atoms with Crippen LogP contribution in [0, 0.1) is 17.6 Å². The number of halogens is 3. The van der Waals surface area contributed by atoms with Gasteiger partial charge in [0.05, 0.1) is 5.54 Å². The van der Waals surface area contributed by atoms with Crippen molar-refractivity contribution >= 4 is 33.4 Å². The monoisotopic (exact) mass is 643 g/mol. The lowest BCUT2D eigenvalue weighted by Gasteiger charge is -2.34. The summed E-state index contributed by atoms with van der Waals surface area (Å²) in [4.78, 5) is 26.7. The molecular weight excluding hydrogens is 603 g/mol. The Labute approximate surface area is 272 Å². The van der Waals surface area contributed by atoms with E-state index < -0.39 is 17.5 Å². The molecule has 47 heavy (non-hydrogen) atoms. The second kappa shape index (κ2) is 12.3. The van der Waals surface area contributed by atoms with Crippen LogP contribution >= 0.6 is 0 Å². The van der Waals surface area contributed by atoms with Gasteiger partial charge in [0.25, 0.3) is 0 Å². The third kappa shape index (κ3) is 5.58. The lowest BCUT2D eigenvalue weighted by atomic mass is 9.91. The number of aromatic nitrogens is 2. The van der Waals surface area contributed by atoms with E-state index in [2.05, 4.69) is 20.1 Å². The van der Waals surface area contributed by atoms with Gasteiger partial charge in [-0.1, -0.05) is 30.3 Å². The fourth-order valence-corrected chi connectivity index (χ4v) is 8.61. The summed E-state index contributed by atoms with van der Waals surface area (Å²) in [6.45, 7) is 3.54. The van der Waals surface area contributed by atoms with Crippen LogP contribution < -0.4 is 15.0 Å². The molecule has 3 unspecified atom stereocenters. The van der Waals surface area contributed by atoms with Crippen molar-refractivity contribution in [3.05, 3.63) is 59.7 Å². The molecule has 3 saturated heterocycles. The molecular formula is C37H40F3N5O2. The highest BCUT2D eigenvalue weighted by molar-refractivity contribution is 6.02. The maximum Gasteiger partial charge on any atom is 0.319 e. The standard InChI is InChI=1S/C37H40F3N5O2/c38-25-19-37(15-4-18-45(37)21-25)22-47-36-42-34-29-12-11-27(33(34)40)26-7-1-6-24-10-13-30(39)28(32(24)26)8-2-9-31(46)41-16-14-23-5-3-17-44(20-23)35(29)43-36/h1,6-7,10-13,23,25H,2-5,8-9,14-22H2,(H,41,46). The zero-order chi connectivity index (χ0) is 32.1. The number of carbonyl (C=O) groups excluding carboxylic acids is 1. The largest absolute Gasteiger partial charge is 0.461 e. The molecule has 1 N–H and O–H groups in total. The van der Waals surface area contributed by atoms with Crippen LogP contribution in [0.4, 0.5) is 19.0 Å². The molecule has 0 aliphatic carbocycles. The predicted octanol–water partition coefficient (Wildman–Crippen LogP) is 6.74. The Morgan fingerprint density at radius 1 is 0.957 bits per heavy atom. The number of carbonyl (C=O) groups is 1. The number of piperidine rings is 1. The van der Waals surface area contributed by atoms with Gasteiger partial charge in [-0.15, -0.1) is 0 Å². The number of amides is 1. The molecule has 246 valence electrons. The molecule has 4 aromatic rings. The number of hydrogen-bond acceptors (Lipinski definition) is 6. The number of aryl methyl sites for hydroxylation is 1. The number of alkyl halides is 1. The molecule has 1 amide bonds. The van der Waals surface area contributed by atoms with E-state index in [1.54, 1.807) is 12.1 Å². The van der Waals surface area contributed by atoms with E-state index in [4.69, 9.17) is 9.72 Å². The maximum atomic E-state index is 17.0. The smallest absolute Gasteiger partial charge is 0.319 e. The number of nitrogens with one attached hydrogen (secondary N) is 1. The first-order chi connectivity index (χ1) is 22.9. The number of fused-ring (bicyclic) bond motifs is 8. The van der Waals surface area contributed by atoms with E-state index in [9.17, 15) is 9.18 Å². The topological polar surface area (TPSA) is 70.6 Å². The molecule has 7 nitrogen and oxygen atoms in total. The van der Waals surface area contributed by atoms with E-state index >= 15 is 8.78 Å². The van der Waals surface area contributed by atoms with Crippen molar-refractivity contribution in [1.29, 1.82) is 0 Å². The minimum atomic E-state index is -0.891. The Morgan fingerprint density at radius 2 is 1.87 bits per heavy atom. The minimum absolute atomic E-state index is 0.0403. The average Bonchev–Trinajstić information content (AvgIpc) is 3.60. The minimum Gasteiger partial charge on any atom is -0.461 e. The molecule has 0 spiro atoms. The molecule has 0 saturated carbocycles. The van der Waals surface area contributed by atoms with Crippen LogP contribution in [0.1, 0.15) is 56.9 Å². The summed E-state index contributed by atoms with van der Waals surface area (Å²) in [5.41, 5.74) is 1.12. The van der Waals surface area contributed by atoms with Crippen molar-refractivity contribution in [3.8, 4) is 17.1 Å². The molecule has 10 heteroatoms. The highest BCUT2D eigenvalue weighted by atomic mass is 19.1. The maximum absolute atomic E-state index is 17.0. The zero-order valence-corrected chi connectivity index (χ0v) is 26.5. The van der Waals surface area contributed by atoms with Gasteiger partial charge in [-0.3, -0.25) is 9.69 Å². The second-order valence-electron chi connectivity index (χ2n) is 13.9. The second-order valence-corrected chi connectivity index (χ2v) is 13.9. The summed E-state index contributed by atoms with van der Waals surface area (Å²) in [7, 11) is 0. The number of anilines is 1. The molecule has 5 aliphatic heterocycles. The van der Waals surface area contributed by atoms with Crippen LogP contribution in [-0.4, -0.2) is 71.8 Å². The number of nitrogens with zero attached hydrogens (tertiary/aromatic N) is 4. The third-order valence-corrected chi connectivity index (χ3v) is 10.9. The van der Waals surface area contributed by atoms with E-state index in [0.29, 0.717) is 78.0 Å². The Kier molecular flexibility index (Phi) is 7.94. The predicted molar refractivity (Wildman–Crippen MR) is 176 cm³/mol. The zero-order valence-electron chi connectivity index (χ0n) is 26.5. The van der Waals surface area contributed by atoms with Crippen LogP contribution in [-0.2, 0) is 11.2 Å². The molecule has 3 atom stereocenters. The first-order valence-electron chi connectivity index (χ1n) is 17.1. The van der Waals surface area contributed by atoms with Crippen LogP contribution in [0.5, 0.6) is 6.01 Å². The molecule has 6 heterocycles. The Morgan fingerprint density at radius 3 is 2.79 bits per heavy atom. The van der Waals surface area contributed by atoms with Crippen molar-refractivity contribution in [3.63, 3.8) is 0 Å². The van der Waals surface area contributed by atoms with Crippen LogP contribution in [0.3, 0.4) is 0 Å². The first-order valence-corrected chi connectivity index (χ1v) is 17.1. The highest BCUT2D eigenvalue weighted by Crippen LogP contribution is 2.42. The highest BCUT2D eigenvalue weighted by Gasteiger charge is 2.49. The Hall–Kier alpha value is -3.92. The van der Waals surface area contributed by atoms with Crippen molar-refractivity contribution in [1.82, 2.24) is 20.2 Å². The van der Waals surface area contributed by atoms with Crippen molar-refractivity contribution in [2.24, 2.45) is 5.92 Å². The van der Waals surface area contributed by atoms with Gasteiger partial charge < -0.3 is 15.0 Å². The van der Waals surface area contributed by atoms with Crippen molar-refractivity contribution < 1.29 is 22.7 Å². The van der Waals surface area contributed by atoms with E-state index in [1.165, 1.54) is 6.07 Å².